The third-order valence-electron chi connectivity index (χ3n) is 0.961. The first-order valence-corrected chi connectivity index (χ1v) is 2.92. The van der Waals surface area contributed by atoms with Gasteiger partial charge in [-0.1, -0.05) is 0 Å². The zero-order valence-corrected chi connectivity index (χ0v) is 5.34. The van der Waals surface area contributed by atoms with E-state index >= 15 is 0 Å². The lowest BCUT2D eigenvalue weighted by Crippen LogP contribution is -2.30. The van der Waals surface area contributed by atoms with Gasteiger partial charge in [0, 0.05) is 6.42 Å². The SMILES string of the molecule is NC(=O)CCCC(N)N. The second kappa shape index (κ2) is 4.29. The van der Waals surface area contributed by atoms with Gasteiger partial charge in [0.2, 0.25) is 5.91 Å². The van der Waals surface area contributed by atoms with Crippen LogP contribution in [0.25, 0.3) is 0 Å². The maximum absolute atomic E-state index is 10.1. The second-order valence-electron chi connectivity index (χ2n) is 2.02. The molecule has 0 unspecified atom stereocenters. The lowest BCUT2D eigenvalue weighted by molar-refractivity contribution is -0.118. The zero-order valence-electron chi connectivity index (χ0n) is 5.34. The quantitative estimate of drug-likeness (QED) is 0.422. The molecule has 0 bridgehead atoms. The van der Waals surface area contributed by atoms with Crippen molar-refractivity contribution in [2.45, 2.75) is 25.4 Å². The normalized spacial score (nSPS) is 10.1. The summed E-state index contributed by atoms with van der Waals surface area (Å²) in [7, 11) is 0. The molecule has 0 spiro atoms. The summed E-state index contributed by atoms with van der Waals surface area (Å²) >= 11 is 0. The lowest BCUT2D eigenvalue weighted by atomic mass is 10.2. The molecule has 4 nitrogen and oxygen atoms in total. The molecule has 0 aromatic carbocycles. The summed E-state index contributed by atoms with van der Waals surface area (Å²) in [6, 6.07) is 0. The number of carbonyl (C=O) groups is 1. The summed E-state index contributed by atoms with van der Waals surface area (Å²) in [6.07, 6.45) is 1.41. The largest absolute Gasteiger partial charge is 0.370 e. The number of hydrogen-bond donors (Lipinski definition) is 3. The molecule has 0 aliphatic carbocycles. The summed E-state index contributed by atoms with van der Waals surface area (Å²) in [4.78, 5) is 10.1. The predicted octanol–water partition coefficient (Wildman–Crippen LogP) is -1.11. The molecule has 0 rings (SSSR count). The number of carbonyl (C=O) groups excluding carboxylic acids is 1. The molecule has 0 heterocycles. The number of nitrogens with two attached hydrogens (primary N) is 3. The van der Waals surface area contributed by atoms with E-state index in [0.29, 0.717) is 19.3 Å². The van der Waals surface area contributed by atoms with Crippen LogP contribution >= 0.6 is 0 Å². The Kier molecular flexibility index (Phi) is 4.00. The average molecular weight is 131 g/mol. The molecule has 6 N–H and O–H groups in total. The smallest absolute Gasteiger partial charge is 0.217 e. The van der Waals surface area contributed by atoms with Crippen LogP contribution in [0.3, 0.4) is 0 Å². The zero-order chi connectivity index (χ0) is 7.28. The molecule has 1 amide bonds. The molecule has 4 heteroatoms. The Hall–Kier alpha value is -0.610. The molecule has 0 aliphatic heterocycles. The Morgan fingerprint density at radius 2 is 2.00 bits per heavy atom. The summed E-state index contributed by atoms with van der Waals surface area (Å²) in [6.45, 7) is 0. The van der Waals surface area contributed by atoms with Crippen molar-refractivity contribution >= 4 is 5.91 Å². The maximum Gasteiger partial charge on any atom is 0.217 e. The molecule has 0 atom stereocenters. The van der Waals surface area contributed by atoms with Crippen molar-refractivity contribution < 1.29 is 4.79 Å². The topological polar surface area (TPSA) is 95.1 Å². The standard InChI is InChI=1S/C5H13N3O/c6-4(7)2-1-3-5(8)9/h4H,1-3,6-7H2,(H2,8,9). The number of amides is 1. The molecule has 0 aromatic rings. The van der Waals surface area contributed by atoms with E-state index in [1.54, 1.807) is 0 Å². The van der Waals surface area contributed by atoms with E-state index in [-0.39, 0.29) is 12.1 Å². The van der Waals surface area contributed by atoms with Gasteiger partial charge >= 0.3 is 0 Å². The summed E-state index contributed by atoms with van der Waals surface area (Å²) < 4.78 is 0. The van der Waals surface area contributed by atoms with Gasteiger partial charge in [-0.3, -0.25) is 4.79 Å². The Balaban J connectivity index is 3.01. The third kappa shape index (κ3) is 7.39. The van der Waals surface area contributed by atoms with Gasteiger partial charge in [-0.2, -0.15) is 0 Å². The fraction of sp³-hybridized carbons (Fsp3) is 0.800. The highest BCUT2D eigenvalue weighted by molar-refractivity contribution is 5.73. The van der Waals surface area contributed by atoms with Crippen LogP contribution in [0, 0.1) is 0 Å². The minimum Gasteiger partial charge on any atom is -0.370 e. The van der Waals surface area contributed by atoms with Crippen molar-refractivity contribution in [2.24, 2.45) is 17.2 Å². The third-order valence-corrected chi connectivity index (χ3v) is 0.961. The molecule has 9 heavy (non-hydrogen) atoms. The van der Waals surface area contributed by atoms with E-state index in [1.165, 1.54) is 0 Å². The Bertz CT molecular complexity index is 92.2. The molecule has 0 aromatic heterocycles. The summed E-state index contributed by atoms with van der Waals surface area (Å²) in [5.74, 6) is -0.296. The number of rotatable bonds is 4. The molecular weight excluding hydrogens is 118 g/mol. The van der Waals surface area contributed by atoms with E-state index in [4.69, 9.17) is 17.2 Å². The number of hydrogen-bond acceptors (Lipinski definition) is 3. The van der Waals surface area contributed by atoms with Crippen LogP contribution in [0.15, 0.2) is 0 Å². The van der Waals surface area contributed by atoms with Crippen LogP contribution in [0.2, 0.25) is 0 Å². The van der Waals surface area contributed by atoms with E-state index in [1.807, 2.05) is 0 Å². The van der Waals surface area contributed by atoms with E-state index < -0.39 is 0 Å². The first-order valence-electron chi connectivity index (χ1n) is 2.92. The first-order chi connectivity index (χ1) is 4.13. The second-order valence-corrected chi connectivity index (χ2v) is 2.02. The fourth-order valence-electron chi connectivity index (χ4n) is 0.512. The number of primary amides is 1. The minimum absolute atomic E-state index is 0.296. The molecule has 0 fully saturated rings. The molecule has 54 valence electrons. The maximum atomic E-state index is 10.1. The predicted molar refractivity (Wildman–Crippen MR) is 35.2 cm³/mol. The van der Waals surface area contributed by atoms with Gasteiger partial charge in [0.25, 0.3) is 0 Å². The highest BCUT2D eigenvalue weighted by Gasteiger charge is 1.96. The fourth-order valence-corrected chi connectivity index (χ4v) is 0.512. The molecular formula is C5H13N3O. The molecule has 0 aliphatic rings. The van der Waals surface area contributed by atoms with E-state index in [0.717, 1.165) is 0 Å². The van der Waals surface area contributed by atoms with Crippen molar-refractivity contribution in [3.8, 4) is 0 Å². The van der Waals surface area contributed by atoms with Crippen LogP contribution in [0.4, 0.5) is 0 Å². The van der Waals surface area contributed by atoms with Crippen molar-refractivity contribution in [3.05, 3.63) is 0 Å². The molecule has 0 radical (unpaired) electrons. The highest BCUT2D eigenvalue weighted by atomic mass is 16.1. The Morgan fingerprint density at radius 3 is 2.33 bits per heavy atom. The van der Waals surface area contributed by atoms with Crippen LogP contribution in [0.5, 0.6) is 0 Å². The van der Waals surface area contributed by atoms with Crippen LogP contribution in [-0.4, -0.2) is 12.1 Å². The van der Waals surface area contributed by atoms with Gasteiger partial charge < -0.3 is 17.2 Å². The van der Waals surface area contributed by atoms with Crippen LogP contribution in [0.1, 0.15) is 19.3 Å². The van der Waals surface area contributed by atoms with Crippen molar-refractivity contribution in [3.63, 3.8) is 0 Å². The summed E-state index contributed by atoms with van der Waals surface area (Å²) in [5.41, 5.74) is 15.3. The van der Waals surface area contributed by atoms with Gasteiger partial charge in [0.1, 0.15) is 0 Å². The van der Waals surface area contributed by atoms with Crippen molar-refractivity contribution in [2.75, 3.05) is 0 Å². The van der Waals surface area contributed by atoms with Gasteiger partial charge in [0.15, 0.2) is 0 Å². The Morgan fingerprint density at radius 1 is 1.44 bits per heavy atom. The minimum atomic E-state index is -0.315. The van der Waals surface area contributed by atoms with Crippen LogP contribution in [-0.2, 0) is 4.79 Å². The summed E-state index contributed by atoms with van der Waals surface area (Å²) in [5, 5.41) is 0. The Labute approximate surface area is 54.4 Å². The monoisotopic (exact) mass is 131 g/mol. The average Bonchev–Trinajstić information content (AvgIpc) is 1.63. The van der Waals surface area contributed by atoms with Crippen LogP contribution < -0.4 is 17.2 Å². The van der Waals surface area contributed by atoms with Gasteiger partial charge in [-0.05, 0) is 12.8 Å². The highest BCUT2D eigenvalue weighted by Crippen LogP contribution is 1.93. The van der Waals surface area contributed by atoms with Gasteiger partial charge in [0.05, 0.1) is 6.17 Å². The molecule has 0 saturated heterocycles. The van der Waals surface area contributed by atoms with Crippen molar-refractivity contribution in [1.82, 2.24) is 0 Å². The van der Waals surface area contributed by atoms with E-state index in [9.17, 15) is 4.79 Å². The van der Waals surface area contributed by atoms with Gasteiger partial charge in [-0.25, -0.2) is 0 Å². The lowest BCUT2D eigenvalue weighted by Gasteiger charge is -2.01. The first kappa shape index (κ1) is 8.39. The van der Waals surface area contributed by atoms with E-state index in [2.05, 4.69) is 0 Å². The van der Waals surface area contributed by atoms with Crippen molar-refractivity contribution in [1.29, 1.82) is 0 Å². The molecule has 0 saturated carbocycles. The van der Waals surface area contributed by atoms with Gasteiger partial charge in [-0.15, -0.1) is 0 Å².